The van der Waals surface area contributed by atoms with Crippen molar-refractivity contribution in [2.75, 3.05) is 14.1 Å². The summed E-state index contributed by atoms with van der Waals surface area (Å²) in [4.78, 5) is 32.1. The lowest BCUT2D eigenvalue weighted by Crippen LogP contribution is -2.42. The molecule has 2 aromatic heterocycles. The van der Waals surface area contributed by atoms with Crippen LogP contribution in [0.2, 0.25) is 0 Å². The van der Waals surface area contributed by atoms with E-state index >= 15 is 0 Å². The van der Waals surface area contributed by atoms with E-state index in [1.807, 2.05) is 36.4 Å². The van der Waals surface area contributed by atoms with E-state index in [-0.39, 0.29) is 28.2 Å². The van der Waals surface area contributed by atoms with Crippen LogP contribution in [0.3, 0.4) is 0 Å². The van der Waals surface area contributed by atoms with Gasteiger partial charge in [0.1, 0.15) is 11.6 Å². The Balaban J connectivity index is 1.65. The Hall–Kier alpha value is -5.18. The lowest BCUT2D eigenvalue weighted by atomic mass is 9.93. The summed E-state index contributed by atoms with van der Waals surface area (Å²) in [5.74, 6) is -1.22. The van der Waals surface area contributed by atoms with Crippen LogP contribution in [0.15, 0.2) is 107 Å². The number of imide groups is 1. The Labute approximate surface area is 243 Å². The van der Waals surface area contributed by atoms with Gasteiger partial charge in [0, 0.05) is 49.4 Å². The summed E-state index contributed by atoms with van der Waals surface area (Å²) in [6.45, 7) is 1.53. The van der Waals surface area contributed by atoms with Crippen molar-refractivity contribution in [3.63, 3.8) is 0 Å². The van der Waals surface area contributed by atoms with Crippen LogP contribution in [0.4, 0.5) is 0 Å². The van der Waals surface area contributed by atoms with Crippen LogP contribution in [0.5, 0.6) is 0 Å². The number of pyridine rings is 1. The fraction of sp³-hybridized carbons (Fsp3) is 0.129. The van der Waals surface area contributed by atoms with Crippen molar-refractivity contribution in [1.29, 1.82) is 5.26 Å². The van der Waals surface area contributed by atoms with E-state index in [0.29, 0.717) is 22.4 Å². The van der Waals surface area contributed by atoms with Crippen LogP contribution >= 0.6 is 0 Å². The van der Waals surface area contributed by atoms with Gasteiger partial charge in [0.25, 0.3) is 11.8 Å². The standard InChI is InChI=1S/C31H26N6O4S/c1-21-27(30(38)36(31(39)28(21)17-32)19-22-8-7-15-33-18-22)16-24-20-37(25-9-5-4-6-10-25)34-29(24)23-11-13-26(14-12-23)42(40,41)35(2)3/h4-16,18,20H,19H2,1-3H3/b27-16+. The van der Waals surface area contributed by atoms with Crippen molar-refractivity contribution in [3.8, 4) is 23.0 Å². The van der Waals surface area contributed by atoms with Crippen LogP contribution < -0.4 is 0 Å². The molecule has 0 bridgehead atoms. The fourth-order valence-electron chi connectivity index (χ4n) is 4.53. The highest BCUT2D eigenvalue weighted by Crippen LogP contribution is 2.32. The smallest absolute Gasteiger partial charge is 0.269 e. The van der Waals surface area contributed by atoms with Crippen LogP contribution in [-0.4, -0.2) is 58.3 Å². The molecule has 3 heterocycles. The molecule has 0 radical (unpaired) electrons. The molecule has 1 aliphatic rings. The fourth-order valence-corrected chi connectivity index (χ4v) is 5.43. The average molecular weight is 579 g/mol. The Kier molecular flexibility index (Phi) is 7.67. The van der Waals surface area contributed by atoms with E-state index in [0.717, 1.165) is 14.9 Å². The summed E-state index contributed by atoms with van der Waals surface area (Å²) >= 11 is 0. The highest BCUT2D eigenvalue weighted by Gasteiger charge is 2.36. The van der Waals surface area contributed by atoms with Gasteiger partial charge in [-0.15, -0.1) is 0 Å². The maximum absolute atomic E-state index is 13.7. The highest BCUT2D eigenvalue weighted by molar-refractivity contribution is 7.89. The second-order valence-electron chi connectivity index (χ2n) is 9.75. The normalized spacial score (nSPS) is 15.0. The lowest BCUT2D eigenvalue weighted by Gasteiger charge is -2.27. The topological polar surface area (TPSA) is 129 Å². The van der Waals surface area contributed by atoms with Gasteiger partial charge < -0.3 is 0 Å². The number of nitriles is 1. The molecule has 1 aliphatic heterocycles. The number of nitrogens with zero attached hydrogens (tertiary/aromatic N) is 6. The van der Waals surface area contributed by atoms with Crippen LogP contribution in [0, 0.1) is 11.3 Å². The highest BCUT2D eigenvalue weighted by atomic mass is 32.2. The first kappa shape index (κ1) is 28.4. The van der Waals surface area contributed by atoms with E-state index in [1.165, 1.54) is 26.2 Å². The number of carbonyl (C=O) groups excluding carboxylic acids is 2. The minimum absolute atomic E-state index is 0.0424. The Morgan fingerprint density at radius 1 is 0.976 bits per heavy atom. The molecule has 0 N–H and O–H groups in total. The molecule has 11 heteroatoms. The Morgan fingerprint density at radius 2 is 1.69 bits per heavy atom. The average Bonchev–Trinajstić information content (AvgIpc) is 3.43. The minimum Gasteiger partial charge on any atom is -0.269 e. The first-order valence-corrected chi connectivity index (χ1v) is 14.3. The summed E-state index contributed by atoms with van der Waals surface area (Å²) in [7, 11) is -0.710. The first-order chi connectivity index (χ1) is 20.1. The van der Waals surface area contributed by atoms with E-state index in [9.17, 15) is 23.3 Å². The Bertz CT molecular complexity index is 1890. The van der Waals surface area contributed by atoms with Gasteiger partial charge in [-0.1, -0.05) is 36.4 Å². The second kappa shape index (κ2) is 11.4. The number of rotatable bonds is 7. The molecule has 210 valence electrons. The van der Waals surface area contributed by atoms with E-state index in [2.05, 4.69) is 4.98 Å². The van der Waals surface area contributed by atoms with Crippen molar-refractivity contribution < 1.29 is 18.0 Å². The molecule has 0 spiro atoms. The van der Waals surface area contributed by atoms with Crippen molar-refractivity contribution in [2.45, 2.75) is 18.4 Å². The number of hydrogen-bond donors (Lipinski definition) is 0. The number of carbonyl (C=O) groups is 2. The van der Waals surface area contributed by atoms with E-state index < -0.39 is 21.8 Å². The molecule has 0 unspecified atom stereocenters. The number of para-hydroxylation sites is 1. The van der Waals surface area contributed by atoms with Gasteiger partial charge in [0.05, 0.1) is 22.8 Å². The summed E-state index contributed by atoms with van der Waals surface area (Å²) in [6.07, 6.45) is 6.51. The molecule has 0 aliphatic carbocycles. The van der Waals surface area contributed by atoms with Crippen LogP contribution in [0.1, 0.15) is 18.1 Å². The van der Waals surface area contributed by atoms with Gasteiger partial charge in [0.2, 0.25) is 10.0 Å². The Morgan fingerprint density at radius 3 is 2.31 bits per heavy atom. The molecule has 0 fully saturated rings. The maximum atomic E-state index is 13.7. The van der Waals surface area contributed by atoms with Gasteiger partial charge in [-0.05, 0) is 54.5 Å². The number of sulfonamides is 1. The predicted octanol–water partition coefficient (Wildman–Crippen LogP) is 3.98. The third-order valence-electron chi connectivity index (χ3n) is 6.86. The molecule has 0 saturated heterocycles. The third kappa shape index (κ3) is 5.28. The summed E-state index contributed by atoms with van der Waals surface area (Å²) in [6, 6.07) is 21.1. The van der Waals surface area contributed by atoms with Crippen molar-refractivity contribution in [3.05, 3.63) is 113 Å². The molecule has 4 aromatic rings. The zero-order chi connectivity index (χ0) is 30.0. The van der Waals surface area contributed by atoms with Crippen LogP contribution in [-0.2, 0) is 26.2 Å². The monoisotopic (exact) mass is 578 g/mol. The zero-order valence-corrected chi connectivity index (χ0v) is 23.9. The van der Waals surface area contributed by atoms with E-state index in [1.54, 1.807) is 60.5 Å². The van der Waals surface area contributed by atoms with Crippen molar-refractivity contribution >= 4 is 27.9 Å². The van der Waals surface area contributed by atoms with Gasteiger partial charge in [-0.3, -0.25) is 19.5 Å². The SMILES string of the molecule is CC1=C(C#N)C(=O)N(Cc2cccnc2)C(=O)/C1=C/c1cn(-c2ccccc2)nc1-c1ccc(S(=O)(=O)N(C)C)cc1. The van der Waals surface area contributed by atoms with E-state index in [4.69, 9.17) is 5.10 Å². The molecule has 0 saturated carbocycles. The van der Waals surface area contributed by atoms with Gasteiger partial charge in [-0.2, -0.15) is 10.4 Å². The van der Waals surface area contributed by atoms with Crippen molar-refractivity contribution in [2.24, 2.45) is 0 Å². The quantitative estimate of drug-likeness (QED) is 0.240. The molecule has 5 rings (SSSR count). The van der Waals surface area contributed by atoms with Crippen LogP contribution in [0.25, 0.3) is 23.0 Å². The molecule has 42 heavy (non-hydrogen) atoms. The molecule has 0 atom stereocenters. The summed E-state index contributed by atoms with van der Waals surface area (Å²) < 4.78 is 28.0. The lowest BCUT2D eigenvalue weighted by molar-refractivity contribution is -0.141. The summed E-state index contributed by atoms with van der Waals surface area (Å²) in [5, 5.41) is 14.6. The molecule has 2 amide bonds. The van der Waals surface area contributed by atoms with Gasteiger partial charge in [0.15, 0.2) is 0 Å². The molecular weight excluding hydrogens is 552 g/mol. The minimum atomic E-state index is -3.63. The molecule has 2 aromatic carbocycles. The van der Waals surface area contributed by atoms with Gasteiger partial charge in [-0.25, -0.2) is 17.4 Å². The molecule has 10 nitrogen and oxygen atoms in total. The zero-order valence-electron chi connectivity index (χ0n) is 23.1. The first-order valence-electron chi connectivity index (χ1n) is 12.9. The van der Waals surface area contributed by atoms with Gasteiger partial charge >= 0.3 is 0 Å². The second-order valence-corrected chi connectivity index (χ2v) is 11.9. The number of hydrogen-bond acceptors (Lipinski definition) is 7. The number of aromatic nitrogens is 3. The third-order valence-corrected chi connectivity index (χ3v) is 8.69. The number of benzene rings is 2. The maximum Gasteiger partial charge on any atom is 0.271 e. The summed E-state index contributed by atoms with van der Waals surface area (Å²) in [5.41, 5.74) is 3.36. The predicted molar refractivity (Wildman–Crippen MR) is 156 cm³/mol. The largest absolute Gasteiger partial charge is 0.271 e. The number of amides is 2. The molecular formula is C31H26N6O4S. The van der Waals surface area contributed by atoms with Crippen molar-refractivity contribution in [1.82, 2.24) is 24.0 Å².